The van der Waals surface area contributed by atoms with E-state index < -0.39 is 11.7 Å². The van der Waals surface area contributed by atoms with E-state index in [0.717, 1.165) is 56.9 Å². The fourth-order valence-electron chi connectivity index (χ4n) is 9.09. The molecular weight excluding hydrogens is 456 g/mol. The SMILES string of the molecule is C[C@]12CC[C@H](NC(=O)N3CC[C@@H](O)C3)C=C1CC[C@@H]1[C@@H]2CC[C@]2(C)[C@@H](c3ccc(=O)oc3)CC[C@]12O. The van der Waals surface area contributed by atoms with Gasteiger partial charge in [0.2, 0.25) is 0 Å². The first kappa shape index (κ1) is 24.2. The number of rotatable bonds is 2. The Bertz CT molecular complexity index is 1110. The van der Waals surface area contributed by atoms with Crippen molar-refractivity contribution in [3.63, 3.8) is 0 Å². The van der Waals surface area contributed by atoms with E-state index in [1.54, 1.807) is 11.2 Å². The predicted octanol–water partition coefficient (Wildman–Crippen LogP) is 3.95. The Balaban J connectivity index is 1.21. The van der Waals surface area contributed by atoms with Crippen molar-refractivity contribution in [3.8, 4) is 0 Å². The monoisotopic (exact) mass is 496 g/mol. The minimum atomic E-state index is -0.715. The number of β-amino-alcohol motifs (C(OH)–C–C–N with tert-alkyl or cyclic N) is 1. The molecule has 0 radical (unpaired) electrons. The zero-order chi connectivity index (χ0) is 25.3. The van der Waals surface area contributed by atoms with Crippen LogP contribution in [0.1, 0.15) is 83.1 Å². The van der Waals surface area contributed by atoms with Crippen molar-refractivity contribution in [1.82, 2.24) is 10.2 Å². The summed E-state index contributed by atoms with van der Waals surface area (Å²) in [6.45, 7) is 5.70. The van der Waals surface area contributed by atoms with Crippen molar-refractivity contribution in [2.24, 2.45) is 22.7 Å². The Morgan fingerprint density at radius 3 is 2.64 bits per heavy atom. The molecule has 1 aromatic rings. The number of nitrogens with zero attached hydrogens (tertiary/aromatic N) is 1. The minimum Gasteiger partial charge on any atom is -0.431 e. The zero-order valence-electron chi connectivity index (χ0n) is 21.5. The van der Waals surface area contributed by atoms with E-state index in [0.29, 0.717) is 25.4 Å². The fourth-order valence-corrected chi connectivity index (χ4v) is 9.09. The third-order valence-corrected chi connectivity index (χ3v) is 11.2. The van der Waals surface area contributed by atoms with Crippen LogP contribution in [0.15, 0.2) is 39.3 Å². The second-order valence-corrected chi connectivity index (χ2v) is 12.7. The van der Waals surface area contributed by atoms with Crippen LogP contribution >= 0.6 is 0 Å². The van der Waals surface area contributed by atoms with Crippen LogP contribution in [0, 0.1) is 22.7 Å². The van der Waals surface area contributed by atoms with Crippen LogP contribution in [0.4, 0.5) is 4.79 Å². The molecule has 4 fully saturated rings. The fraction of sp³-hybridized carbons (Fsp3) is 0.724. The summed E-state index contributed by atoms with van der Waals surface area (Å²) in [5.74, 6) is 0.900. The molecule has 5 aliphatic rings. The van der Waals surface area contributed by atoms with Gasteiger partial charge in [-0.1, -0.05) is 25.5 Å². The smallest absolute Gasteiger partial charge is 0.335 e. The number of nitrogens with one attached hydrogen (secondary N) is 1. The van der Waals surface area contributed by atoms with Gasteiger partial charge in [0.05, 0.1) is 18.0 Å². The molecule has 0 spiro atoms. The Kier molecular flexibility index (Phi) is 5.69. The second kappa shape index (κ2) is 8.45. The van der Waals surface area contributed by atoms with Crippen LogP contribution in [0.2, 0.25) is 0 Å². The van der Waals surface area contributed by atoms with E-state index in [2.05, 4.69) is 25.2 Å². The number of hydrogen-bond acceptors (Lipinski definition) is 5. The summed E-state index contributed by atoms with van der Waals surface area (Å²) in [4.78, 5) is 26.0. The van der Waals surface area contributed by atoms with Crippen LogP contribution in [0.5, 0.6) is 0 Å². The summed E-state index contributed by atoms with van der Waals surface area (Å²) in [5.41, 5.74) is 1.28. The molecule has 0 unspecified atom stereocenters. The molecule has 1 aromatic heterocycles. The van der Waals surface area contributed by atoms with Gasteiger partial charge >= 0.3 is 11.7 Å². The van der Waals surface area contributed by atoms with Crippen LogP contribution in [0.3, 0.4) is 0 Å². The average molecular weight is 497 g/mol. The molecule has 1 aliphatic heterocycles. The summed E-state index contributed by atoms with van der Waals surface area (Å²) >= 11 is 0. The maximum absolute atomic E-state index is 12.7. The zero-order valence-corrected chi connectivity index (χ0v) is 21.5. The van der Waals surface area contributed by atoms with Gasteiger partial charge < -0.3 is 24.8 Å². The number of urea groups is 1. The van der Waals surface area contributed by atoms with Crippen LogP contribution in [-0.2, 0) is 0 Å². The number of carbonyl (C=O) groups is 1. The topological polar surface area (TPSA) is 103 Å². The highest BCUT2D eigenvalue weighted by Gasteiger charge is 2.66. The molecule has 3 saturated carbocycles. The van der Waals surface area contributed by atoms with Gasteiger partial charge in [0.1, 0.15) is 0 Å². The number of aliphatic hydroxyl groups excluding tert-OH is 1. The van der Waals surface area contributed by atoms with Gasteiger partial charge in [-0.05, 0) is 92.6 Å². The van der Waals surface area contributed by atoms with Gasteiger partial charge in [-0.25, -0.2) is 9.59 Å². The predicted molar refractivity (Wildman–Crippen MR) is 135 cm³/mol. The normalized spacial score (nSPS) is 43.8. The summed E-state index contributed by atoms with van der Waals surface area (Å²) in [6, 6.07) is 3.36. The standard InChI is InChI=1S/C29H40N2O5/c1-27-11-7-20(30-26(34)31-14-10-21(32)16-31)15-19(27)4-5-24-23(27)8-12-28(2)22(9-13-29(24,28)35)18-3-6-25(33)36-17-18/h3,6,15,17,20-24,32,35H,4-5,7-14,16H2,1-2H3,(H,30,34)/t20-,21+,22+,23-,24+,27-,28+,29-/m0/s1. The summed E-state index contributed by atoms with van der Waals surface area (Å²) < 4.78 is 5.21. The van der Waals surface area contributed by atoms with Crippen molar-refractivity contribution in [2.75, 3.05) is 13.1 Å². The lowest BCUT2D eigenvalue weighted by Gasteiger charge is -2.62. The number of likely N-dealkylation sites (tertiary alicyclic amines) is 1. The molecule has 36 heavy (non-hydrogen) atoms. The van der Waals surface area contributed by atoms with E-state index in [-0.39, 0.29) is 40.4 Å². The molecule has 0 bridgehead atoms. The largest absolute Gasteiger partial charge is 0.431 e. The van der Waals surface area contributed by atoms with Crippen molar-refractivity contribution in [3.05, 3.63) is 46.0 Å². The van der Waals surface area contributed by atoms with Gasteiger partial charge in [-0.15, -0.1) is 0 Å². The molecule has 2 heterocycles. The van der Waals surface area contributed by atoms with Crippen LogP contribution in [-0.4, -0.2) is 52.0 Å². The van der Waals surface area contributed by atoms with Crippen molar-refractivity contribution >= 4 is 6.03 Å². The van der Waals surface area contributed by atoms with Crippen LogP contribution in [0.25, 0.3) is 0 Å². The van der Waals surface area contributed by atoms with E-state index in [1.807, 2.05) is 6.07 Å². The van der Waals surface area contributed by atoms with Gasteiger partial charge in [0.15, 0.2) is 0 Å². The molecule has 6 rings (SSSR count). The van der Waals surface area contributed by atoms with Crippen LogP contribution < -0.4 is 10.9 Å². The summed E-state index contributed by atoms with van der Waals surface area (Å²) in [5, 5.41) is 25.4. The highest BCUT2D eigenvalue weighted by molar-refractivity contribution is 5.75. The number of fused-ring (bicyclic) bond motifs is 5. The molecule has 1 saturated heterocycles. The lowest BCUT2D eigenvalue weighted by Crippen LogP contribution is -2.60. The molecule has 3 N–H and O–H groups in total. The number of aliphatic hydroxyl groups is 2. The second-order valence-electron chi connectivity index (χ2n) is 12.7. The lowest BCUT2D eigenvalue weighted by atomic mass is 9.45. The minimum absolute atomic E-state index is 0.0374. The number of amides is 2. The first-order chi connectivity index (χ1) is 17.1. The van der Waals surface area contributed by atoms with Gasteiger partial charge in [0, 0.05) is 30.6 Å². The molecule has 8 atom stereocenters. The maximum atomic E-state index is 12.7. The van der Waals surface area contributed by atoms with Crippen molar-refractivity contribution in [1.29, 1.82) is 0 Å². The third-order valence-electron chi connectivity index (χ3n) is 11.2. The van der Waals surface area contributed by atoms with Crippen molar-refractivity contribution < 1.29 is 19.4 Å². The molecule has 196 valence electrons. The van der Waals surface area contributed by atoms with E-state index >= 15 is 0 Å². The first-order valence-corrected chi connectivity index (χ1v) is 13.9. The molecule has 0 aromatic carbocycles. The molecular formula is C29H40N2O5. The Morgan fingerprint density at radius 2 is 1.92 bits per heavy atom. The molecule has 2 amide bonds. The Hall–Kier alpha value is -2.12. The highest BCUT2D eigenvalue weighted by Crippen LogP contribution is 2.70. The Morgan fingerprint density at radius 1 is 1.08 bits per heavy atom. The van der Waals surface area contributed by atoms with Crippen molar-refractivity contribution in [2.45, 2.75) is 95.3 Å². The molecule has 7 heteroatoms. The summed E-state index contributed by atoms with van der Waals surface area (Å²) in [6.07, 6.45) is 11.8. The number of carbonyl (C=O) groups excluding carboxylic acids is 1. The number of allylic oxidation sites excluding steroid dienone is 1. The third kappa shape index (κ3) is 3.52. The molecule has 4 aliphatic carbocycles. The quantitative estimate of drug-likeness (QED) is 0.538. The Labute approximate surface area is 212 Å². The van der Waals surface area contributed by atoms with Gasteiger partial charge in [0.25, 0.3) is 0 Å². The van der Waals surface area contributed by atoms with E-state index in [9.17, 15) is 19.8 Å². The van der Waals surface area contributed by atoms with Gasteiger partial charge in [-0.2, -0.15) is 0 Å². The first-order valence-electron chi connectivity index (χ1n) is 13.9. The maximum Gasteiger partial charge on any atom is 0.335 e. The molecule has 7 nitrogen and oxygen atoms in total. The number of hydrogen-bond donors (Lipinski definition) is 3. The van der Waals surface area contributed by atoms with E-state index in [1.165, 1.54) is 11.6 Å². The lowest BCUT2D eigenvalue weighted by molar-refractivity contribution is -0.177. The van der Waals surface area contributed by atoms with Gasteiger partial charge in [-0.3, -0.25) is 0 Å². The average Bonchev–Trinajstić information content (AvgIpc) is 3.41. The highest BCUT2D eigenvalue weighted by atomic mass is 16.4. The summed E-state index contributed by atoms with van der Waals surface area (Å²) in [7, 11) is 0. The van der Waals surface area contributed by atoms with E-state index in [4.69, 9.17) is 4.42 Å².